The van der Waals surface area contributed by atoms with Crippen LogP contribution in [0.2, 0.25) is 0 Å². The fourth-order valence-corrected chi connectivity index (χ4v) is 2.05. The van der Waals surface area contributed by atoms with Crippen molar-refractivity contribution in [1.82, 2.24) is 0 Å². The molecule has 0 unspecified atom stereocenters. The van der Waals surface area contributed by atoms with Crippen LogP contribution in [0, 0.1) is 0 Å². The molecule has 0 atom stereocenters. The topological polar surface area (TPSA) is 9.23 Å². The normalized spacial score (nSPS) is 41.7. The summed E-state index contributed by atoms with van der Waals surface area (Å²) >= 11 is 2.56. The third-order valence-corrected chi connectivity index (χ3v) is 3.39. The highest BCUT2D eigenvalue weighted by Crippen LogP contribution is 2.36. The van der Waals surface area contributed by atoms with Gasteiger partial charge in [0, 0.05) is 10.5 Å². The molecule has 0 saturated heterocycles. The summed E-state index contributed by atoms with van der Waals surface area (Å²) in [6, 6.07) is 0. The summed E-state index contributed by atoms with van der Waals surface area (Å²) in [7, 11) is 1.82. The van der Waals surface area contributed by atoms with Gasteiger partial charge in [0.25, 0.3) is 0 Å². The lowest BCUT2D eigenvalue weighted by Crippen LogP contribution is -2.27. The van der Waals surface area contributed by atoms with E-state index in [1.807, 2.05) is 7.11 Å². The first kappa shape index (κ1) is 8.78. The van der Waals surface area contributed by atoms with E-state index in [9.17, 15) is 0 Å². The molecule has 1 fully saturated rings. The average molecular weight is 254 g/mol. The Morgan fingerprint density at radius 2 is 1.90 bits per heavy atom. The summed E-state index contributed by atoms with van der Waals surface area (Å²) in [5.74, 6) is 0. The van der Waals surface area contributed by atoms with Gasteiger partial charge in [-0.2, -0.15) is 0 Å². The standard InChI is InChI=1S/C8H15IO/c1-8(9)5-3-7(10-2)4-6-8/h7H,3-6H2,1-2H3. The number of rotatable bonds is 1. The number of halogens is 1. The number of hydrogen-bond acceptors (Lipinski definition) is 1. The van der Waals surface area contributed by atoms with Crippen molar-refractivity contribution in [3.8, 4) is 0 Å². The quantitative estimate of drug-likeness (QED) is 0.516. The molecule has 60 valence electrons. The van der Waals surface area contributed by atoms with E-state index >= 15 is 0 Å². The Morgan fingerprint density at radius 1 is 1.40 bits per heavy atom. The van der Waals surface area contributed by atoms with E-state index in [2.05, 4.69) is 29.5 Å². The Kier molecular flexibility index (Phi) is 2.98. The second-order valence-electron chi connectivity index (χ2n) is 3.35. The zero-order chi connectivity index (χ0) is 7.61. The van der Waals surface area contributed by atoms with Crippen LogP contribution in [0.15, 0.2) is 0 Å². The summed E-state index contributed by atoms with van der Waals surface area (Å²) in [5.41, 5.74) is 0. The molecule has 1 nitrogen and oxygen atoms in total. The molecule has 0 spiro atoms. The molecule has 10 heavy (non-hydrogen) atoms. The van der Waals surface area contributed by atoms with Crippen LogP contribution in [0.4, 0.5) is 0 Å². The van der Waals surface area contributed by atoms with E-state index in [0.29, 0.717) is 9.53 Å². The van der Waals surface area contributed by atoms with E-state index in [4.69, 9.17) is 4.74 Å². The summed E-state index contributed by atoms with van der Waals surface area (Å²) in [6.07, 6.45) is 5.66. The molecule has 0 bridgehead atoms. The SMILES string of the molecule is COC1CCC(C)(I)CC1. The van der Waals surface area contributed by atoms with E-state index in [1.165, 1.54) is 25.7 Å². The number of alkyl halides is 1. The molecule has 1 rings (SSSR count). The van der Waals surface area contributed by atoms with Crippen molar-refractivity contribution in [2.24, 2.45) is 0 Å². The Morgan fingerprint density at radius 3 is 2.30 bits per heavy atom. The van der Waals surface area contributed by atoms with Gasteiger partial charge in [0.1, 0.15) is 0 Å². The third kappa shape index (κ3) is 2.38. The average Bonchev–Trinajstić information content (AvgIpc) is 1.88. The molecular weight excluding hydrogens is 239 g/mol. The van der Waals surface area contributed by atoms with Gasteiger partial charge in [-0.15, -0.1) is 0 Å². The van der Waals surface area contributed by atoms with Crippen molar-refractivity contribution in [1.29, 1.82) is 0 Å². The maximum Gasteiger partial charge on any atom is 0.0572 e. The van der Waals surface area contributed by atoms with Gasteiger partial charge in [0.2, 0.25) is 0 Å². The minimum atomic E-state index is 0.544. The van der Waals surface area contributed by atoms with Crippen molar-refractivity contribution in [2.75, 3.05) is 7.11 Å². The van der Waals surface area contributed by atoms with Crippen LogP contribution >= 0.6 is 22.6 Å². The molecule has 2 heteroatoms. The maximum absolute atomic E-state index is 5.28. The van der Waals surface area contributed by atoms with Crippen LogP contribution in [0.25, 0.3) is 0 Å². The largest absolute Gasteiger partial charge is 0.381 e. The lowest BCUT2D eigenvalue weighted by Gasteiger charge is -2.31. The van der Waals surface area contributed by atoms with Crippen molar-refractivity contribution in [2.45, 2.75) is 42.1 Å². The van der Waals surface area contributed by atoms with Gasteiger partial charge in [-0.1, -0.05) is 29.5 Å². The fourth-order valence-electron chi connectivity index (χ4n) is 1.43. The molecule has 0 amide bonds. The van der Waals surface area contributed by atoms with Crippen LogP contribution in [0.1, 0.15) is 32.6 Å². The Balaban J connectivity index is 2.31. The minimum Gasteiger partial charge on any atom is -0.381 e. The molecule has 0 aromatic rings. The van der Waals surface area contributed by atoms with Gasteiger partial charge in [0.05, 0.1) is 6.10 Å². The van der Waals surface area contributed by atoms with Crippen LogP contribution in [0.5, 0.6) is 0 Å². The Labute approximate surface area is 76.7 Å². The zero-order valence-electron chi connectivity index (χ0n) is 6.69. The Bertz CT molecular complexity index is 102. The van der Waals surface area contributed by atoms with Crippen molar-refractivity contribution in [3.63, 3.8) is 0 Å². The molecule has 0 aliphatic heterocycles. The van der Waals surface area contributed by atoms with Gasteiger partial charge >= 0.3 is 0 Å². The summed E-state index contributed by atoms with van der Waals surface area (Å²) in [5, 5.41) is 0. The van der Waals surface area contributed by atoms with Gasteiger partial charge < -0.3 is 4.74 Å². The summed E-state index contributed by atoms with van der Waals surface area (Å²) in [4.78, 5) is 0. The van der Waals surface area contributed by atoms with Crippen LogP contribution in [0.3, 0.4) is 0 Å². The smallest absolute Gasteiger partial charge is 0.0572 e. The van der Waals surface area contributed by atoms with E-state index < -0.39 is 0 Å². The van der Waals surface area contributed by atoms with Gasteiger partial charge in [-0.3, -0.25) is 0 Å². The van der Waals surface area contributed by atoms with Crippen molar-refractivity contribution < 1.29 is 4.74 Å². The van der Waals surface area contributed by atoms with E-state index in [0.717, 1.165) is 0 Å². The number of hydrogen-bond donors (Lipinski definition) is 0. The monoisotopic (exact) mass is 254 g/mol. The zero-order valence-corrected chi connectivity index (χ0v) is 8.85. The minimum absolute atomic E-state index is 0.544. The highest BCUT2D eigenvalue weighted by atomic mass is 127. The molecular formula is C8H15IO. The first-order chi connectivity index (χ1) is 4.64. The first-order valence-electron chi connectivity index (χ1n) is 3.86. The van der Waals surface area contributed by atoms with Crippen molar-refractivity contribution in [3.05, 3.63) is 0 Å². The van der Waals surface area contributed by atoms with Gasteiger partial charge in [-0.05, 0) is 25.7 Å². The van der Waals surface area contributed by atoms with Crippen LogP contribution in [-0.4, -0.2) is 16.6 Å². The van der Waals surface area contributed by atoms with Crippen LogP contribution < -0.4 is 0 Å². The predicted octanol–water partition coefficient (Wildman–Crippen LogP) is 2.77. The number of methoxy groups -OCH3 is 1. The molecule has 0 aromatic carbocycles. The third-order valence-electron chi connectivity index (χ3n) is 2.31. The first-order valence-corrected chi connectivity index (χ1v) is 4.94. The van der Waals surface area contributed by atoms with E-state index in [-0.39, 0.29) is 0 Å². The highest BCUT2D eigenvalue weighted by Gasteiger charge is 2.27. The molecule has 1 aliphatic rings. The lowest BCUT2D eigenvalue weighted by atomic mass is 9.89. The molecule has 0 radical (unpaired) electrons. The molecule has 0 N–H and O–H groups in total. The molecule has 0 aromatic heterocycles. The molecule has 1 saturated carbocycles. The van der Waals surface area contributed by atoms with Gasteiger partial charge in [0.15, 0.2) is 0 Å². The molecule has 1 aliphatic carbocycles. The van der Waals surface area contributed by atoms with Crippen LogP contribution in [-0.2, 0) is 4.74 Å². The highest BCUT2D eigenvalue weighted by molar-refractivity contribution is 14.1. The second kappa shape index (κ2) is 3.39. The predicted molar refractivity (Wildman–Crippen MR) is 51.7 cm³/mol. The molecule has 0 heterocycles. The Hall–Kier alpha value is 0.690. The fraction of sp³-hybridized carbons (Fsp3) is 1.00. The van der Waals surface area contributed by atoms with E-state index in [1.54, 1.807) is 0 Å². The lowest BCUT2D eigenvalue weighted by molar-refractivity contribution is 0.0658. The van der Waals surface area contributed by atoms with Crippen molar-refractivity contribution >= 4 is 22.6 Å². The van der Waals surface area contributed by atoms with Gasteiger partial charge in [-0.25, -0.2) is 0 Å². The maximum atomic E-state index is 5.28. The summed E-state index contributed by atoms with van der Waals surface area (Å²) < 4.78 is 5.83. The summed E-state index contributed by atoms with van der Waals surface area (Å²) in [6.45, 7) is 2.33. The second-order valence-corrected chi connectivity index (χ2v) is 5.95. The number of ether oxygens (including phenoxy) is 1.